The minimum Gasteiger partial charge on any atom is -0.503 e. The summed E-state index contributed by atoms with van der Waals surface area (Å²) in [4.78, 5) is 26.5. The number of nitrogens with zero attached hydrogens (tertiary/aromatic N) is 1. The number of hydrogen-bond donors (Lipinski definition) is 1. The SMILES string of the molecule is CC(C)C(=O)C1=C(O)C(=O)N(c2ccccc2)C1c1ccco1. The van der Waals surface area contributed by atoms with Crippen molar-refractivity contribution >= 4 is 17.4 Å². The van der Waals surface area contributed by atoms with Crippen LogP contribution in [0.15, 0.2) is 64.5 Å². The third-order valence-electron chi connectivity index (χ3n) is 3.85. The Kier molecular flexibility index (Phi) is 3.78. The average molecular weight is 311 g/mol. The van der Waals surface area contributed by atoms with E-state index in [1.54, 1.807) is 50.2 Å². The first-order chi connectivity index (χ1) is 11.0. The van der Waals surface area contributed by atoms with Crippen LogP contribution in [0.25, 0.3) is 0 Å². The Morgan fingerprint density at radius 1 is 1.17 bits per heavy atom. The number of para-hydroxylation sites is 1. The molecule has 5 heteroatoms. The molecule has 0 saturated carbocycles. The highest BCUT2D eigenvalue weighted by molar-refractivity contribution is 6.16. The molecule has 0 fully saturated rings. The molecule has 1 unspecified atom stereocenters. The van der Waals surface area contributed by atoms with Gasteiger partial charge >= 0.3 is 0 Å². The fraction of sp³-hybridized carbons (Fsp3) is 0.222. The molecule has 0 saturated heterocycles. The van der Waals surface area contributed by atoms with E-state index in [0.717, 1.165) is 0 Å². The number of ketones is 1. The fourth-order valence-corrected chi connectivity index (χ4v) is 2.74. The molecule has 5 nitrogen and oxygen atoms in total. The highest BCUT2D eigenvalue weighted by atomic mass is 16.3. The first kappa shape index (κ1) is 15.1. The molecule has 1 atom stereocenters. The zero-order chi connectivity index (χ0) is 16.6. The molecule has 1 N–H and O–H groups in total. The number of furan rings is 1. The quantitative estimate of drug-likeness (QED) is 0.939. The Bertz CT molecular complexity index is 760. The Morgan fingerprint density at radius 3 is 2.43 bits per heavy atom. The van der Waals surface area contributed by atoms with Crippen LogP contribution in [0.5, 0.6) is 0 Å². The maximum Gasteiger partial charge on any atom is 0.294 e. The zero-order valence-corrected chi connectivity index (χ0v) is 12.9. The summed E-state index contributed by atoms with van der Waals surface area (Å²) >= 11 is 0. The van der Waals surface area contributed by atoms with Crippen molar-refractivity contribution in [3.63, 3.8) is 0 Å². The Morgan fingerprint density at radius 2 is 1.87 bits per heavy atom. The second-order valence-electron chi connectivity index (χ2n) is 5.71. The Labute approximate surface area is 133 Å². The first-order valence-corrected chi connectivity index (χ1v) is 7.41. The minimum atomic E-state index is -0.755. The van der Waals surface area contributed by atoms with Crippen LogP contribution in [0, 0.1) is 5.92 Å². The van der Waals surface area contributed by atoms with Gasteiger partial charge in [0, 0.05) is 11.6 Å². The number of benzene rings is 1. The van der Waals surface area contributed by atoms with E-state index in [2.05, 4.69) is 0 Å². The highest BCUT2D eigenvalue weighted by Crippen LogP contribution is 2.41. The van der Waals surface area contributed by atoms with Crippen molar-refractivity contribution < 1.29 is 19.1 Å². The minimum absolute atomic E-state index is 0.0869. The number of amides is 1. The molecule has 0 spiro atoms. The lowest BCUT2D eigenvalue weighted by atomic mass is 9.94. The van der Waals surface area contributed by atoms with Gasteiger partial charge in [0.25, 0.3) is 5.91 Å². The van der Waals surface area contributed by atoms with Crippen LogP contribution in [0.4, 0.5) is 5.69 Å². The molecular formula is C18H17NO4. The molecular weight excluding hydrogens is 294 g/mol. The van der Waals surface area contributed by atoms with Gasteiger partial charge in [-0.15, -0.1) is 0 Å². The van der Waals surface area contributed by atoms with Crippen LogP contribution in [-0.4, -0.2) is 16.8 Å². The van der Waals surface area contributed by atoms with Crippen LogP contribution in [0.1, 0.15) is 25.6 Å². The molecule has 1 aromatic carbocycles. The van der Waals surface area contributed by atoms with E-state index in [-0.39, 0.29) is 17.3 Å². The fourth-order valence-electron chi connectivity index (χ4n) is 2.74. The van der Waals surface area contributed by atoms with Crippen LogP contribution >= 0.6 is 0 Å². The molecule has 23 heavy (non-hydrogen) atoms. The van der Waals surface area contributed by atoms with Gasteiger partial charge in [0.15, 0.2) is 11.5 Å². The normalized spacial score (nSPS) is 18.1. The average Bonchev–Trinajstić information content (AvgIpc) is 3.15. The lowest BCUT2D eigenvalue weighted by molar-refractivity contribution is -0.119. The van der Waals surface area contributed by atoms with E-state index in [9.17, 15) is 14.7 Å². The van der Waals surface area contributed by atoms with Crippen LogP contribution < -0.4 is 4.90 Å². The lowest BCUT2D eigenvalue weighted by Crippen LogP contribution is -2.31. The smallest absolute Gasteiger partial charge is 0.294 e. The number of hydrogen-bond acceptors (Lipinski definition) is 4. The van der Waals surface area contributed by atoms with Gasteiger partial charge in [-0.25, -0.2) is 0 Å². The summed E-state index contributed by atoms with van der Waals surface area (Å²) in [5.74, 6) is -1.27. The largest absolute Gasteiger partial charge is 0.503 e. The van der Waals surface area contributed by atoms with Gasteiger partial charge in [-0.05, 0) is 24.3 Å². The molecule has 2 heterocycles. The predicted molar refractivity (Wildman–Crippen MR) is 84.9 cm³/mol. The van der Waals surface area contributed by atoms with Crippen LogP contribution in [0.2, 0.25) is 0 Å². The third kappa shape index (κ3) is 2.44. The van der Waals surface area contributed by atoms with E-state index in [4.69, 9.17) is 4.42 Å². The maximum atomic E-state index is 12.6. The van der Waals surface area contributed by atoms with Gasteiger partial charge < -0.3 is 9.52 Å². The van der Waals surface area contributed by atoms with Gasteiger partial charge in [-0.2, -0.15) is 0 Å². The molecule has 1 aromatic heterocycles. The summed E-state index contributed by atoms with van der Waals surface area (Å²) in [5.41, 5.74) is 0.681. The van der Waals surface area contributed by atoms with E-state index >= 15 is 0 Å². The van der Waals surface area contributed by atoms with Gasteiger partial charge in [-0.3, -0.25) is 14.5 Å². The molecule has 3 rings (SSSR count). The number of carbonyl (C=O) groups is 2. The van der Waals surface area contributed by atoms with Gasteiger partial charge in [0.2, 0.25) is 0 Å². The molecule has 0 aliphatic carbocycles. The monoisotopic (exact) mass is 311 g/mol. The molecule has 0 bridgehead atoms. The highest BCUT2D eigenvalue weighted by Gasteiger charge is 2.46. The first-order valence-electron chi connectivity index (χ1n) is 7.41. The summed E-state index contributed by atoms with van der Waals surface area (Å²) in [5, 5.41) is 10.3. The molecule has 2 aromatic rings. The lowest BCUT2D eigenvalue weighted by Gasteiger charge is -2.25. The number of aliphatic hydroxyl groups is 1. The van der Waals surface area contributed by atoms with Gasteiger partial charge in [-0.1, -0.05) is 32.0 Å². The number of aliphatic hydroxyl groups excluding tert-OH is 1. The van der Waals surface area contributed by atoms with Gasteiger partial charge in [0.05, 0.1) is 11.8 Å². The van der Waals surface area contributed by atoms with E-state index < -0.39 is 17.7 Å². The van der Waals surface area contributed by atoms with E-state index in [0.29, 0.717) is 11.4 Å². The number of anilines is 1. The van der Waals surface area contributed by atoms with E-state index in [1.165, 1.54) is 11.2 Å². The Hall–Kier alpha value is -2.82. The molecule has 0 radical (unpaired) electrons. The molecule has 1 amide bonds. The summed E-state index contributed by atoms with van der Waals surface area (Å²) in [6.07, 6.45) is 1.48. The van der Waals surface area contributed by atoms with Crippen molar-refractivity contribution in [1.82, 2.24) is 0 Å². The summed E-state index contributed by atoms with van der Waals surface area (Å²) in [6.45, 7) is 3.47. The standard InChI is InChI=1S/C18H17NO4/c1-11(2)16(20)14-15(13-9-6-10-23-13)19(18(22)17(14)21)12-7-4-3-5-8-12/h3-11,15,21H,1-2H3. The zero-order valence-electron chi connectivity index (χ0n) is 12.9. The molecule has 118 valence electrons. The second-order valence-corrected chi connectivity index (χ2v) is 5.71. The maximum absolute atomic E-state index is 12.6. The van der Waals surface area contributed by atoms with Gasteiger partial charge in [0.1, 0.15) is 11.8 Å². The van der Waals surface area contributed by atoms with Crippen molar-refractivity contribution in [2.75, 3.05) is 4.90 Å². The number of rotatable bonds is 4. The van der Waals surface area contributed by atoms with Crippen molar-refractivity contribution in [2.24, 2.45) is 5.92 Å². The van der Waals surface area contributed by atoms with Crippen molar-refractivity contribution in [3.8, 4) is 0 Å². The van der Waals surface area contributed by atoms with Crippen LogP contribution in [-0.2, 0) is 9.59 Å². The predicted octanol–water partition coefficient (Wildman–Crippen LogP) is 3.40. The summed E-state index contributed by atoms with van der Waals surface area (Å²) in [7, 11) is 0. The van der Waals surface area contributed by atoms with Crippen molar-refractivity contribution in [2.45, 2.75) is 19.9 Å². The third-order valence-corrected chi connectivity index (χ3v) is 3.85. The number of carbonyl (C=O) groups excluding carboxylic acids is 2. The van der Waals surface area contributed by atoms with Crippen LogP contribution in [0.3, 0.4) is 0 Å². The van der Waals surface area contributed by atoms with Crippen molar-refractivity contribution in [3.05, 3.63) is 65.8 Å². The molecule has 1 aliphatic heterocycles. The van der Waals surface area contributed by atoms with E-state index in [1.807, 2.05) is 6.07 Å². The number of Topliss-reactive ketones (excluding diaryl/α,β-unsaturated/α-hetero) is 1. The Balaban J connectivity index is 2.16. The molecule has 1 aliphatic rings. The topological polar surface area (TPSA) is 70.8 Å². The summed E-state index contributed by atoms with van der Waals surface area (Å²) < 4.78 is 5.43. The second kappa shape index (κ2) is 5.76. The summed E-state index contributed by atoms with van der Waals surface area (Å²) in [6, 6.07) is 11.6. The van der Waals surface area contributed by atoms with Crippen molar-refractivity contribution in [1.29, 1.82) is 0 Å².